The molecule has 0 bridgehead atoms. The van der Waals surface area contributed by atoms with E-state index in [1.54, 1.807) is 14.2 Å². The standard InChI is InChI=1S/C11H16ClNO2/c1-7-5-10(12)9(6-13-15-4)8(2)11(7)14-3/h5,13H,6H2,1-4H3. The van der Waals surface area contributed by atoms with Crippen LogP contribution < -0.4 is 10.2 Å². The van der Waals surface area contributed by atoms with E-state index in [1.165, 1.54) is 0 Å². The van der Waals surface area contributed by atoms with Gasteiger partial charge in [-0.3, -0.25) is 0 Å². The van der Waals surface area contributed by atoms with Crippen LogP contribution in [0.3, 0.4) is 0 Å². The van der Waals surface area contributed by atoms with Gasteiger partial charge >= 0.3 is 0 Å². The fraction of sp³-hybridized carbons (Fsp3) is 0.455. The van der Waals surface area contributed by atoms with Gasteiger partial charge in [0.05, 0.1) is 14.2 Å². The quantitative estimate of drug-likeness (QED) is 0.806. The fourth-order valence-corrected chi connectivity index (χ4v) is 2.00. The number of benzene rings is 1. The van der Waals surface area contributed by atoms with Crippen LogP contribution in [0.2, 0.25) is 5.02 Å². The van der Waals surface area contributed by atoms with Crippen molar-refractivity contribution in [3.05, 3.63) is 27.8 Å². The Balaban J connectivity index is 3.14. The van der Waals surface area contributed by atoms with Crippen LogP contribution >= 0.6 is 11.6 Å². The summed E-state index contributed by atoms with van der Waals surface area (Å²) in [4.78, 5) is 4.81. The van der Waals surface area contributed by atoms with Gasteiger partial charge in [-0.25, -0.2) is 0 Å². The van der Waals surface area contributed by atoms with Crippen LogP contribution in [0.1, 0.15) is 16.7 Å². The summed E-state index contributed by atoms with van der Waals surface area (Å²) < 4.78 is 5.32. The van der Waals surface area contributed by atoms with Crippen molar-refractivity contribution in [1.29, 1.82) is 0 Å². The first kappa shape index (κ1) is 12.3. The average molecular weight is 230 g/mol. The zero-order valence-electron chi connectivity index (χ0n) is 9.48. The first-order valence-corrected chi connectivity index (χ1v) is 5.08. The van der Waals surface area contributed by atoms with Gasteiger partial charge in [0, 0.05) is 11.6 Å². The van der Waals surface area contributed by atoms with Crippen LogP contribution in [-0.4, -0.2) is 14.2 Å². The lowest BCUT2D eigenvalue weighted by Gasteiger charge is -2.15. The highest BCUT2D eigenvalue weighted by Crippen LogP contribution is 2.31. The third-order valence-corrected chi connectivity index (χ3v) is 2.72. The maximum absolute atomic E-state index is 6.15. The SMILES string of the molecule is CONCc1c(Cl)cc(C)c(OC)c1C. The summed E-state index contributed by atoms with van der Waals surface area (Å²) >= 11 is 6.15. The Morgan fingerprint density at radius 2 is 2.00 bits per heavy atom. The lowest BCUT2D eigenvalue weighted by molar-refractivity contribution is 0.0865. The molecule has 0 fully saturated rings. The van der Waals surface area contributed by atoms with Crippen molar-refractivity contribution in [1.82, 2.24) is 5.48 Å². The number of hydroxylamine groups is 1. The summed E-state index contributed by atoms with van der Waals surface area (Å²) in [6.45, 7) is 4.54. The number of nitrogens with one attached hydrogen (secondary N) is 1. The highest BCUT2D eigenvalue weighted by molar-refractivity contribution is 6.31. The van der Waals surface area contributed by atoms with Crippen LogP contribution in [0.5, 0.6) is 5.75 Å². The number of hydrogen-bond donors (Lipinski definition) is 1. The molecule has 0 atom stereocenters. The highest BCUT2D eigenvalue weighted by atomic mass is 35.5. The molecule has 0 aromatic heterocycles. The second kappa shape index (κ2) is 5.35. The van der Waals surface area contributed by atoms with E-state index in [2.05, 4.69) is 5.48 Å². The predicted molar refractivity (Wildman–Crippen MR) is 61.3 cm³/mol. The van der Waals surface area contributed by atoms with Crippen molar-refractivity contribution in [3.63, 3.8) is 0 Å². The van der Waals surface area contributed by atoms with Crippen LogP contribution in [-0.2, 0) is 11.4 Å². The molecule has 0 amide bonds. The minimum Gasteiger partial charge on any atom is -0.496 e. The molecule has 0 unspecified atom stereocenters. The van der Waals surface area contributed by atoms with E-state index >= 15 is 0 Å². The van der Waals surface area contributed by atoms with Crippen LogP contribution in [0, 0.1) is 13.8 Å². The van der Waals surface area contributed by atoms with Gasteiger partial charge < -0.3 is 9.57 Å². The van der Waals surface area contributed by atoms with E-state index in [0.717, 1.165) is 27.5 Å². The molecule has 0 spiro atoms. The summed E-state index contributed by atoms with van der Waals surface area (Å²) in [5, 5.41) is 0.732. The van der Waals surface area contributed by atoms with Gasteiger partial charge in [0.25, 0.3) is 0 Å². The minimum absolute atomic E-state index is 0.567. The summed E-state index contributed by atoms with van der Waals surface area (Å²) in [5.41, 5.74) is 5.87. The van der Waals surface area contributed by atoms with Gasteiger partial charge in [0.15, 0.2) is 0 Å². The highest BCUT2D eigenvalue weighted by Gasteiger charge is 2.12. The number of aryl methyl sites for hydroxylation is 1. The monoisotopic (exact) mass is 229 g/mol. The first-order chi connectivity index (χ1) is 7.11. The maximum atomic E-state index is 6.15. The van der Waals surface area contributed by atoms with Gasteiger partial charge in [-0.2, -0.15) is 5.48 Å². The zero-order chi connectivity index (χ0) is 11.4. The molecule has 1 aromatic carbocycles. The summed E-state index contributed by atoms with van der Waals surface area (Å²) in [6, 6.07) is 1.90. The molecular weight excluding hydrogens is 214 g/mol. The van der Waals surface area contributed by atoms with Gasteiger partial charge in [-0.1, -0.05) is 11.6 Å². The Labute approximate surface area is 95.3 Å². The third-order valence-electron chi connectivity index (χ3n) is 2.38. The van der Waals surface area contributed by atoms with Gasteiger partial charge in [0.2, 0.25) is 0 Å². The van der Waals surface area contributed by atoms with Gasteiger partial charge in [0.1, 0.15) is 5.75 Å². The Morgan fingerprint density at radius 3 is 2.53 bits per heavy atom. The average Bonchev–Trinajstić information content (AvgIpc) is 2.17. The Kier molecular flexibility index (Phi) is 4.39. The van der Waals surface area contributed by atoms with Crippen molar-refractivity contribution < 1.29 is 9.57 Å². The molecule has 0 aliphatic rings. The predicted octanol–water partition coefficient (Wildman–Crippen LogP) is 2.62. The molecule has 0 aliphatic carbocycles. The zero-order valence-corrected chi connectivity index (χ0v) is 10.2. The van der Waals surface area contributed by atoms with Gasteiger partial charge in [-0.15, -0.1) is 0 Å². The van der Waals surface area contributed by atoms with Crippen molar-refractivity contribution in [3.8, 4) is 5.75 Å². The normalized spacial score (nSPS) is 10.5. The largest absolute Gasteiger partial charge is 0.496 e. The summed E-state index contributed by atoms with van der Waals surface area (Å²) in [7, 11) is 3.24. The third kappa shape index (κ3) is 2.62. The first-order valence-electron chi connectivity index (χ1n) is 4.70. The smallest absolute Gasteiger partial charge is 0.125 e. The minimum atomic E-state index is 0.567. The Hall–Kier alpha value is -0.770. The molecule has 0 saturated carbocycles. The van der Waals surface area contributed by atoms with E-state index in [0.29, 0.717) is 6.54 Å². The van der Waals surface area contributed by atoms with Crippen LogP contribution in [0.25, 0.3) is 0 Å². The molecule has 4 heteroatoms. The second-order valence-corrected chi connectivity index (χ2v) is 3.74. The number of rotatable bonds is 4. The molecule has 84 valence electrons. The number of ether oxygens (including phenoxy) is 1. The fourth-order valence-electron chi connectivity index (χ4n) is 1.63. The summed E-state index contributed by atoms with van der Waals surface area (Å²) in [6.07, 6.45) is 0. The topological polar surface area (TPSA) is 30.5 Å². The second-order valence-electron chi connectivity index (χ2n) is 3.34. The molecule has 1 N–H and O–H groups in total. The van der Waals surface area contributed by atoms with Crippen molar-refractivity contribution in [2.24, 2.45) is 0 Å². The van der Waals surface area contributed by atoms with Crippen molar-refractivity contribution >= 4 is 11.6 Å². The lowest BCUT2D eigenvalue weighted by Crippen LogP contribution is -2.13. The Morgan fingerprint density at radius 1 is 1.33 bits per heavy atom. The van der Waals surface area contributed by atoms with E-state index < -0.39 is 0 Å². The molecule has 3 nitrogen and oxygen atoms in total. The van der Waals surface area contributed by atoms with E-state index in [-0.39, 0.29) is 0 Å². The molecule has 15 heavy (non-hydrogen) atoms. The molecule has 0 aliphatic heterocycles. The summed E-state index contributed by atoms with van der Waals surface area (Å²) in [5.74, 6) is 0.882. The van der Waals surface area contributed by atoms with E-state index in [9.17, 15) is 0 Å². The molecule has 0 heterocycles. The molecule has 0 radical (unpaired) electrons. The number of methoxy groups -OCH3 is 1. The van der Waals surface area contributed by atoms with Crippen molar-refractivity contribution in [2.75, 3.05) is 14.2 Å². The van der Waals surface area contributed by atoms with E-state index in [1.807, 2.05) is 19.9 Å². The van der Waals surface area contributed by atoms with Crippen LogP contribution in [0.15, 0.2) is 6.07 Å². The van der Waals surface area contributed by atoms with Crippen molar-refractivity contribution in [2.45, 2.75) is 20.4 Å². The Bertz CT molecular complexity index is 353. The molecule has 1 aromatic rings. The van der Waals surface area contributed by atoms with Crippen LogP contribution in [0.4, 0.5) is 0 Å². The van der Waals surface area contributed by atoms with Gasteiger partial charge in [-0.05, 0) is 36.6 Å². The molecular formula is C11H16ClNO2. The molecule has 0 saturated heterocycles. The van der Waals surface area contributed by atoms with E-state index in [4.69, 9.17) is 21.2 Å². The lowest BCUT2D eigenvalue weighted by atomic mass is 10.0. The number of hydrogen-bond acceptors (Lipinski definition) is 3. The number of halogens is 1. The molecule has 1 rings (SSSR count). The maximum Gasteiger partial charge on any atom is 0.125 e.